The van der Waals surface area contributed by atoms with Gasteiger partial charge >= 0.3 is 5.97 Å². The summed E-state index contributed by atoms with van der Waals surface area (Å²) >= 11 is 6.51. The smallest absolute Gasteiger partial charge is 0.331 e. The molecule has 0 bridgehead atoms. The SMILES string of the molecule is CC(Cl)(C(=O)OCc1ccccc1)c1ccc(-c2ccccc2C#N)cc1. The summed E-state index contributed by atoms with van der Waals surface area (Å²) in [6.45, 7) is 1.80. The molecule has 1 unspecified atom stereocenters. The summed E-state index contributed by atoms with van der Waals surface area (Å²) in [5, 5.41) is 9.26. The largest absolute Gasteiger partial charge is 0.459 e. The minimum Gasteiger partial charge on any atom is -0.459 e. The van der Waals surface area contributed by atoms with E-state index in [1.807, 2.05) is 60.7 Å². The lowest BCUT2D eigenvalue weighted by Crippen LogP contribution is -2.28. The Hall–Kier alpha value is -3.09. The number of nitriles is 1. The lowest BCUT2D eigenvalue weighted by atomic mass is 9.95. The topological polar surface area (TPSA) is 50.1 Å². The molecule has 0 amide bonds. The third-order valence-corrected chi connectivity index (χ3v) is 4.75. The van der Waals surface area contributed by atoms with E-state index >= 15 is 0 Å². The minimum absolute atomic E-state index is 0.176. The molecular formula is C23H18ClNO2. The minimum atomic E-state index is -1.29. The molecule has 3 rings (SSSR count). The summed E-state index contributed by atoms with van der Waals surface area (Å²) in [7, 11) is 0. The van der Waals surface area contributed by atoms with Gasteiger partial charge in [0.25, 0.3) is 0 Å². The van der Waals surface area contributed by atoms with E-state index in [-0.39, 0.29) is 6.61 Å². The van der Waals surface area contributed by atoms with Crippen molar-refractivity contribution in [1.82, 2.24) is 0 Å². The molecule has 0 aromatic heterocycles. The molecule has 27 heavy (non-hydrogen) atoms. The molecule has 0 saturated carbocycles. The van der Waals surface area contributed by atoms with Gasteiger partial charge in [0.2, 0.25) is 0 Å². The normalized spacial score (nSPS) is 12.6. The molecule has 0 aliphatic carbocycles. The Kier molecular flexibility index (Phi) is 5.59. The van der Waals surface area contributed by atoms with E-state index in [1.165, 1.54) is 0 Å². The second kappa shape index (κ2) is 8.07. The van der Waals surface area contributed by atoms with Crippen molar-refractivity contribution in [3.63, 3.8) is 0 Å². The van der Waals surface area contributed by atoms with Gasteiger partial charge in [-0.1, -0.05) is 72.8 Å². The molecule has 4 heteroatoms. The molecule has 0 saturated heterocycles. The van der Waals surface area contributed by atoms with Crippen molar-refractivity contribution in [2.75, 3.05) is 0 Å². The van der Waals surface area contributed by atoms with Crippen LogP contribution < -0.4 is 0 Å². The zero-order chi connectivity index (χ0) is 19.3. The number of carbonyl (C=O) groups excluding carboxylic acids is 1. The van der Waals surface area contributed by atoms with Crippen LogP contribution in [0.15, 0.2) is 78.9 Å². The number of alkyl halides is 1. The van der Waals surface area contributed by atoms with E-state index in [9.17, 15) is 10.1 Å². The maximum absolute atomic E-state index is 12.5. The Morgan fingerprint density at radius 3 is 2.30 bits per heavy atom. The molecule has 0 heterocycles. The molecule has 3 nitrogen and oxygen atoms in total. The zero-order valence-electron chi connectivity index (χ0n) is 14.9. The highest BCUT2D eigenvalue weighted by molar-refractivity contribution is 6.33. The highest BCUT2D eigenvalue weighted by atomic mass is 35.5. The maximum atomic E-state index is 12.5. The maximum Gasteiger partial charge on any atom is 0.331 e. The molecule has 3 aromatic carbocycles. The van der Waals surface area contributed by atoms with Crippen LogP contribution in [0.1, 0.15) is 23.6 Å². The van der Waals surface area contributed by atoms with Crippen LogP contribution in [0.25, 0.3) is 11.1 Å². The monoisotopic (exact) mass is 375 g/mol. The average Bonchev–Trinajstić information content (AvgIpc) is 2.72. The second-order valence-electron chi connectivity index (χ2n) is 6.30. The average molecular weight is 376 g/mol. The van der Waals surface area contributed by atoms with Gasteiger partial charge in [0.05, 0.1) is 11.6 Å². The van der Waals surface area contributed by atoms with Crippen LogP contribution >= 0.6 is 11.6 Å². The molecule has 0 spiro atoms. The van der Waals surface area contributed by atoms with Crippen LogP contribution in [0.5, 0.6) is 0 Å². The number of hydrogen-bond donors (Lipinski definition) is 0. The van der Waals surface area contributed by atoms with Crippen molar-refractivity contribution in [3.8, 4) is 17.2 Å². The van der Waals surface area contributed by atoms with Crippen molar-refractivity contribution >= 4 is 17.6 Å². The van der Waals surface area contributed by atoms with Crippen molar-refractivity contribution < 1.29 is 9.53 Å². The number of nitrogens with zero attached hydrogens (tertiary/aromatic N) is 1. The summed E-state index contributed by atoms with van der Waals surface area (Å²) in [6.07, 6.45) is 0. The van der Waals surface area contributed by atoms with E-state index in [0.29, 0.717) is 11.1 Å². The van der Waals surface area contributed by atoms with Gasteiger partial charge in [0.15, 0.2) is 4.87 Å². The van der Waals surface area contributed by atoms with E-state index in [0.717, 1.165) is 16.7 Å². The lowest BCUT2D eigenvalue weighted by molar-refractivity contribution is -0.148. The molecule has 3 aromatic rings. The van der Waals surface area contributed by atoms with E-state index < -0.39 is 10.8 Å². The number of halogens is 1. The van der Waals surface area contributed by atoms with Crippen molar-refractivity contribution in [1.29, 1.82) is 5.26 Å². The Bertz CT molecular complexity index is 973. The van der Waals surface area contributed by atoms with Crippen LogP contribution in [-0.4, -0.2) is 5.97 Å². The van der Waals surface area contributed by atoms with Gasteiger partial charge < -0.3 is 4.74 Å². The van der Waals surface area contributed by atoms with E-state index in [4.69, 9.17) is 16.3 Å². The molecular weight excluding hydrogens is 358 g/mol. The number of benzene rings is 3. The van der Waals surface area contributed by atoms with Gasteiger partial charge in [-0.2, -0.15) is 5.26 Å². The van der Waals surface area contributed by atoms with Crippen LogP contribution in [0.2, 0.25) is 0 Å². The molecule has 1 atom stereocenters. The standard InChI is InChI=1S/C23H18ClNO2/c1-23(24,22(26)27-16-17-7-3-2-4-8-17)20-13-11-18(12-14-20)21-10-6-5-9-19(21)15-25/h2-14H,16H2,1H3. The fourth-order valence-electron chi connectivity index (χ4n) is 2.77. The third-order valence-electron chi connectivity index (χ3n) is 4.38. The fraction of sp³-hybridized carbons (Fsp3) is 0.130. The highest BCUT2D eigenvalue weighted by Crippen LogP contribution is 2.32. The summed E-state index contributed by atoms with van der Waals surface area (Å²) in [4.78, 5) is 11.2. The first kappa shape index (κ1) is 18.7. The van der Waals surface area contributed by atoms with Crippen molar-refractivity contribution in [2.24, 2.45) is 0 Å². The Labute approximate surface area is 163 Å². The summed E-state index contributed by atoms with van der Waals surface area (Å²) in [5.74, 6) is -0.502. The van der Waals surface area contributed by atoms with Gasteiger partial charge in [-0.25, -0.2) is 4.79 Å². The second-order valence-corrected chi connectivity index (χ2v) is 7.06. The highest BCUT2D eigenvalue weighted by Gasteiger charge is 2.34. The summed E-state index contributed by atoms with van der Waals surface area (Å²) in [6, 6.07) is 26.3. The van der Waals surface area contributed by atoms with Crippen LogP contribution in [-0.2, 0) is 21.0 Å². The van der Waals surface area contributed by atoms with Gasteiger partial charge in [-0.3, -0.25) is 0 Å². The number of hydrogen-bond acceptors (Lipinski definition) is 3. The van der Waals surface area contributed by atoms with Gasteiger partial charge in [0.1, 0.15) is 6.61 Å². The first-order valence-corrected chi connectivity index (χ1v) is 8.90. The van der Waals surface area contributed by atoms with E-state index in [2.05, 4.69) is 6.07 Å². The first-order valence-electron chi connectivity index (χ1n) is 8.52. The van der Waals surface area contributed by atoms with Crippen LogP contribution in [0, 0.1) is 11.3 Å². The number of ether oxygens (including phenoxy) is 1. The number of esters is 1. The molecule has 0 aliphatic rings. The Balaban J connectivity index is 1.77. The lowest BCUT2D eigenvalue weighted by Gasteiger charge is -2.21. The molecule has 134 valence electrons. The van der Waals surface area contributed by atoms with E-state index in [1.54, 1.807) is 25.1 Å². The van der Waals surface area contributed by atoms with Gasteiger partial charge in [0, 0.05) is 0 Å². The fourth-order valence-corrected chi connectivity index (χ4v) is 2.95. The van der Waals surface area contributed by atoms with Crippen LogP contribution in [0.4, 0.5) is 0 Å². The molecule has 0 fully saturated rings. The number of carbonyl (C=O) groups is 1. The first-order chi connectivity index (χ1) is 13.0. The van der Waals surface area contributed by atoms with Crippen LogP contribution in [0.3, 0.4) is 0 Å². The van der Waals surface area contributed by atoms with Gasteiger partial charge in [-0.15, -0.1) is 11.6 Å². The summed E-state index contributed by atoms with van der Waals surface area (Å²) < 4.78 is 5.38. The van der Waals surface area contributed by atoms with Crippen molar-refractivity contribution in [3.05, 3.63) is 95.6 Å². The predicted molar refractivity (Wildman–Crippen MR) is 106 cm³/mol. The van der Waals surface area contributed by atoms with Gasteiger partial charge in [-0.05, 0) is 35.2 Å². The third kappa shape index (κ3) is 4.19. The predicted octanol–water partition coefficient (Wildman–Crippen LogP) is 5.42. The molecule has 0 radical (unpaired) electrons. The Morgan fingerprint density at radius 2 is 1.63 bits per heavy atom. The zero-order valence-corrected chi connectivity index (χ0v) is 15.6. The van der Waals surface area contributed by atoms with Crippen molar-refractivity contribution in [2.45, 2.75) is 18.4 Å². The Morgan fingerprint density at radius 1 is 1.00 bits per heavy atom. The summed E-state index contributed by atoms with van der Waals surface area (Å²) in [5.41, 5.74) is 3.87. The molecule has 0 aliphatic heterocycles. The molecule has 0 N–H and O–H groups in total. The number of rotatable bonds is 5. The quantitative estimate of drug-likeness (QED) is 0.441.